The highest BCUT2D eigenvalue weighted by Gasteiger charge is 2.33. The van der Waals surface area contributed by atoms with Crippen LogP contribution in [0.1, 0.15) is 12.2 Å². The third kappa shape index (κ3) is 3.29. The second-order valence-electron chi connectivity index (χ2n) is 6.07. The van der Waals surface area contributed by atoms with Gasteiger partial charge >= 0.3 is 0 Å². The lowest BCUT2D eigenvalue weighted by Crippen LogP contribution is -2.49. The molecule has 0 unspecified atom stereocenters. The van der Waals surface area contributed by atoms with E-state index in [1.807, 2.05) is 17.3 Å². The van der Waals surface area contributed by atoms with Crippen LogP contribution >= 0.6 is 11.3 Å². The van der Waals surface area contributed by atoms with E-state index in [1.165, 1.54) is 16.2 Å². The molecule has 0 radical (unpaired) electrons. The van der Waals surface area contributed by atoms with Gasteiger partial charge in [0.05, 0.1) is 24.1 Å². The normalized spacial score (nSPS) is 22.4. The monoisotopic (exact) mass is 336 g/mol. The molecule has 3 heterocycles. The molecule has 0 saturated carbocycles. The van der Waals surface area contributed by atoms with Gasteiger partial charge in [-0.3, -0.25) is 9.59 Å². The molecule has 8 heteroatoms. The number of thiophene rings is 1. The Bertz CT molecular complexity index is 771. The van der Waals surface area contributed by atoms with E-state index in [0.29, 0.717) is 29.0 Å². The Morgan fingerprint density at radius 1 is 1.61 bits per heavy atom. The molecule has 2 N–H and O–H groups in total. The molecule has 1 aliphatic rings. The summed E-state index contributed by atoms with van der Waals surface area (Å²) in [5.41, 5.74) is 0.463. The van der Waals surface area contributed by atoms with Crippen LogP contribution in [0.25, 0.3) is 10.2 Å². The number of H-pyrrole nitrogens is 1. The second kappa shape index (κ2) is 6.38. The van der Waals surface area contributed by atoms with Crippen molar-refractivity contribution in [3.63, 3.8) is 0 Å². The van der Waals surface area contributed by atoms with Gasteiger partial charge in [0.25, 0.3) is 5.56 Å². The Morgan fingerprint density at radius 2 is 2.39 bits per heavy atom. The fourth-order valence-corrected chi connectivity index (χ4v) is 3.65. The van der Waals surface area contributed by atoms with E-state index < -0.39 is 12.0 Å². The number of amides is 1. The second-order valence-corrected chi connectivity index (χ2v) is 6.98. The number of carbonyl (C=O) groups excluding carboxylic acids is 1. The third-order valence-electron chi connectivity index (χ3n) is 4.22. The van der Waals surface area contributed by atoms with Crippen molar-refractivity contribution in [3.8, 4) is 0 Å². The minimum atomic E-state index is -0.618. The van der Waals surface area contributed by atoms with Crippen molar-refractivity contribution in [3.05, 3.63) is 27.6 Å². The molecule has 7 nitrogen and oxygen atoms in total. The van der Waals surface area contributed by atoms with Gasteiger partial charge in [0, 0.05) is 20.1 Å². The van der Waals surface area contributed by atoms with E-state index in [1.54, 1.807) is 13.1 Å². The molecule has 1 fully saturated rings. The molecule has 0 bridgehead atoms. The van der Waals surface area contributed by atoms with Gasteiger partial charge in [0.15, 0.2) is 0 Å². The summed E-state index contributed by atoms with van der Waals surface area (Å²) in [6.45, 7) is 1.54. The largest absolute Gasteiger partial charge is 0.392 e. The zero-order chi connectivity index (χ0) is 16.6. The Hall–Kier alpha value is -1.77. The minimum absolute atomic E-state index is 0.128. The maximum Gasteiger partial charge on any atom is 0.268 e. The van der Waals surface area contributed by atoms with Gasteiger partial charge in [-0.1, -0.05) is 0 Å². The van der Waals surface area contributed by atoms with Crippen molar-refractivity contribution in [2.24, 2.45) is 5.92 Å². The van der Waals surface area contributed by atoms with Crippen LogP contribution in [0.2, 0.25) is 0 Å². The average molecular weight is 336 g/mol. The molecule has 2 aromatic rings. The molecule has 1 aliphatic heterocycles. The highest BCUT2D eigenvalue weighted by molar-refractivity contribution is 7.17. The van der Waals surface area contributed by atoms with Crippen LogP contribution in [-0.4, -0.2) is 64.1 Å². The van der Waals surface area contributed by atoms with Crippen LogP contribution < -0.4 is 5.56 Å². The van der Waals surface area contributed by atoms with E-state index in [2.05, 4.69) is 9.97 Å². The van der Waals surface area contributed by atoms with Gasteiger partial charge in [-0.15, -0.1) is 11.3 Å². The summed E-state index contributed by atoms with van der Waals surface area (Å²) in [6, 6.07) is 1.79. The summed E-state index contributed by atoms with van der Waals surface area (Å²) in [6.07, 6.45) is -0.0241. The molecule has 0 aliphatic carbocycles. The molecule has 1 amide bonds. The number of fused-ring (bicyclic) bond motifs is 1. The first kappa shape index (κ1) is 16.1. The maximum atomic E-state index is 12.6. The van der Waals surface area contributed by atoms with Crippen LogP contribution in [-0.2, 0) is 11.3 Å². The van der Waals surface area contributed by atoms with Gasteiger partial charge in [0.2, 0.25) is 5.91 Å². The number of aromatic nitrogens is 2. The van der Waals surface area contributed by atoms with Gasteiger partial charge in [-0.05, 0) is 24.9 Å². The van der Waals surface area contributed by atoms with Crippen molar-refractivity contribution in [2.45, 2.75) is 19.1 Å². The zero-order valence-corrected chi connectivity index (χ0v) is 14.0. The number of nitrogens with one attached hydrogen (secondary N) is 1. The quantitative estimate of drug-likeness (QED) is 0.839. The molecular weight excluding hydrogens is 316 g/mol. The number of piperidine rings is 1. The Kier molecular flexibility index (Phi) is 4.47. The lowest BCUT2D eigenvalue weighted by atomic mass is 9.94. The van der Waals surface area contributed by atoms with Crippen LogP contribution in [0.4, 0.5) is 0 Å². The van der Waals surface area contributed by atoms with Crippen molar-refractivity contribution in [1.29, 1.82) is 0 Å². The SMILES string of the molecule is CN1CC[C@H](O)[C@H](C(=O)N(C)Cc2nc3ccsc3c(=O)[nH]2)C1. The van der Waals surface area contributed by atoms with Crippen molar-refractivity contribution in [1.82, 2.24) is 19.8 Å². The van der Waals surface area contributed by atoms with Crippen LogP contribution in [0.3, 0.4) is 0 Å². The third-order valence-corrected chi connectivity index (χ3v) is 5.13. The molecule has 124 valence electrons. The average Bonchev–Trinajstić information content (AvgIpc) is 2.98. The standard InChI is InChI=1S/C15H20N4O3S/c1-18-5-3-11(20)9(7-18)15(22)19(2)8-12-16-10-4-6-23-13(10)14(21)17-12/h4,6,9,11,20H,3,5,7-8H2,1-2H3,(H,16,17,21)/t9-,11+/m1/s1. The summed E-state index contributed by atoms with van der Waals surface area (Å²) in [5, 5.41) is 11.9. The first-order valence-electron chi connectivity index (χ1n) is 7.53. The Balaban J connectivity index is 1.75. The van der Waals surface area contributed by atoms with Crippen LogP contribution in [0.5, 0.6) is 0 Å². The summed E-state index contributed by atoms with van der Waals surface area (Å²) in [7, 11) is 3.61. The van der Waals surface area contributed by atoms with Crippen LogP contribution in [0.15, 0.2) is 16.2 Å². The molecule has 3 rings (SSSR count). The van der Waals surface area contributed by atoms with Gasteiger partial charge in [-0.2, -0.15) is 0 Å². The molecule has 0 spiro atoms. The molecule has 0 aromatic carbocycles. The van der Waals surface area contributed by atoms with Crippen LogP contribution in [0, 0.1) is 5.92 Å². The van der Waals surface area contributed by atoms with E-state index in [-0.39, 0.29) is 18.0 Å². The predicted octanol–water partition coefficient (Wildman–Crippen LogP) is 0.256. The summed E-state index contributed by atoms with van der Waals surface area (Å²) >= 11 is 1.35. The predicted molar refractivity (Wildman–Crippen MR) is 88.3 cm³/mol. The van der Waals surface area contributed by atoms with Crippen molar-refractivity contribution >= 4 is 27.5 Å². The number of aromatic amines is 1. The van der Waals surface area contributed by atoms with E-state index in [0.717, 1.165) is 6.54 Å². The minimum Gasteiger partial charge on any atom is -0.392 e. The number of carbonyl (C=O) groups is 1. The highest BCUT2D eigenvalue weighted by atomic mass is 32.1. The first-order valence-corrected chi connectivity index (χ1v) is 8.41. The van der Waals surface area contributed by atoms with Gasteiger partial charge in [-0.25, -0.2) is 4.98 Å². The number of aliphatic hydroxyl groups excluding tert-OH is 1. The summed E-state index contributed by atoms with van der Waals surface area (Å²) in [4.78, 5) is 35.2. The number of aliphatic hydroxyl groups is 1. The lowest BCUT2D eigenvalue weighted by Gasteiger charge is -2.35. The van der Waals surface area contributed by atoms with E-state index in [4.69, 9.17) is 0 Å². The smallest absolute Gasteiger partial charge is 0.268 e. The Labute approximate surface area is 137 Å². The summed E-state index contributed by atoms with van der Waals surface area (Å²) < 4.78 is 0.590. The summed E-state index contributed by atoms with van der Waals surface area (Å²) in [5.74, 6) is -0.108. The number of rotatable bonds is 3. The first-order chi connectivity index (χ1) is 11.0. The Morgan fingerprint density at radius 3 is 3.17 bits per heavy atom. The topological polar surface area (TPSA) is 89.5 Å². The van der Waals surface area contributed by atoms with Gasteiger partial charge < -0.3 is 19.9 Å². The van der Waals surface area contributed by atoms with Crippen molar-refractivity contribution in [2.75, 3.05) is 27.2 Å². The van der Waals surface area contributed by atoms with Gasteiger partial charge in [0.1, 0.15) is 10.5 Å². The number of nitrogens with zero attached hydrogens (tertiary/aromatic N) is 3. The van der Waals surface area contributed by atoms with Crippen molar-refractivity contribution < 1.29 is 9.90 Å². The number of likely N-dealkylation sites (tertiary alicyclic amines) is 1. The van der Waals surface area contributed by atoms with E-state index >= 15 is 0 Å². The molecule has 2 atom stereocenters. The zero-order valence-electron chi connectivity index (χ0n) is 13.2. The number of hydrogen-bond acceptors (Lipinski definition) is 6. The lowest BCUT2D eigenvalue weighted by molar-refractivity contribution is -0.141. The fraction of sp³-hybridized carbons (Fsp3) is 0.533. The van der Waals surface area contributed by atoms with E-state index in [9.17, 15) is 14.7 Å². The fourth-order valence-electron chi connectivity index (χ4n) is 2.93. The maximum absolute atomic E-state index is 12.6. The molecule has 2 aromatic heterocycles. The number of hydrogen-bond donors (Lipinski definition) is 2. The highest BCUT2D eigenvalue weighted by Crippen LogP contribution is 2.19. The molecular formula is C15H20N4O3S. The molecule has 23 heavy (non-hydrogen) atoms. The molecule has 1 saturated heterocycles.